The van der Waals surface area contributed by atoms with E-state index in [1.165, 1.54) is 12.8 Å². The summed E-state index contributed by atoms with van der Waals surface area (Å²) in [6.07, 6.45) is 6.11. The van der Waals surface area contributed by atoms with Gasteiger partial charge in [0.15, 0.2) is 11.5 Å². The molecule has 0 atom stereocenters. The highest BCUT2D eigenvalue weighted by Crippen LogP contribution is 2.32. The molecule has 1 aliphatic heterocycles. The molecule has 5 nitrogen and oxygen atoms in total. The summed E-state index contributed by atoms with van der Waals surface area (Å²) in [5, 5.41) is 2.11. The Labute approximate surface area is 195 Å². The van der Waals surface area contributed by atoms with Crippen molar-refractivity contribution in [1.82, 2.24) is 4.98 Å². The molecule has 31 heavy (non-hydrogen) atoms. The van der Waals surface area contributed by atoms with Crippen molar-refractivity contribution in [3.8, 4) is 11.5 Å². The average Bonchev–Trinajstić information content (AvgIpc) is 3.32. The van der Waals surface area contributed by atoms with Crippen molar-refractivity contribution in [2.45, 2.75) is 25.7 Å². The molecule has 2 heterocycles. The van der Waals surface area contributed by atoms with Crippen LogP contribution in [0.4, 0.5) is 5.69 Å². The molecule has 0 bridgehead atoms. The smallest absolute Gasteiger partial charge is 0.347 e. The summed E-state index contributed by atoms with van der Waals surface area (Å²) in [7, 11) is 0. The van der Waals surface area contributed by atoms with Gasteiger partial charge in [-0.05, 0) is 49.9 Å². The molecule has 162 valence electrons. The van der Waals surface area contributed by atoms with Crippen LogP contribution in [-0.4, -0.2) is 36.0 Å². The van der Waals surface area contributed by atoms with Crippen LogP contribution in [0.2, 0.25) is 5.02 Å². The number of para-hydroxylation sites is 2. The van der Waals surface area contributed by atoms with E-state index in [0.717, 1.165) is 42.3 Å². The highest BCUT2D eigenvalue weighted by atomic mass is 79.9. The molecule has 3 aromatic rings. The number of alkyl halides is 1. The van der Waals surface area contributed by atoms with Gasteiger partial charge in [0.2, 0.25) is 0 Å². The second-order valence-electron chi connectivity index (χ2n) is 7.46. The zero-order chi connectivity index (χ0) is 21.6. The number of pyridine rings is 1. The molecule has 1 fully saturated rings. The zero-order valence-corrected chi connectivity index (χ0v) is 19.5. The Kier molecular flexibility index (Phi) is 7.30. The standard InChI is InChI=1S/C24H24BrClN2O3/c25-11-3-6-14-30-20-7-1-2-8-21(20)31-24(29)22-19(26)10-9-17-15-18(16-27-23(17)22)28-12-4-5-13-28/h1-2,7-10,15-16H,3-6,11-14H2. The number of hydrogen-bond acceptors (Lipinski definition) is 5. The number of unbranched alkanes of at least 4 members (excludes halogenated alkanes) is 1. The number of aromatic nitrogens is 1. The molecule has 0 saturated carbocycles. The van der Waals surface area contributed by atoms with Crippen LogP contribution in [0.5, 0.6) is 11.5 Å². The Morgan fingerprint density at radius 2 is 1.87 bits per heavy atom. The number of ether oxygens (including phenoxy) is 2. The molecule has 0 aliphatic carbocycles. The number of benzene rings is 2. The molecule has 0 N–H and O–H groups in total. The lowest BCUT2D eigenvalue weighted by Gasteiger charge is -2.18. The van der Waals surface area contributed by atoms with Crippen molar-refractivity contribution < 1.29 is 14.3 Å². The van der Waals surface area contributed by atoms with Crippen molar-refractivity contribution in [2.24, 2.45) is 0 Å². The van der Waals surface area contributed by atoms with E-state index in [4.69, 9.17) is 21.1 Å². The van der Waals surface area contributed by atoms with Crippen LogP contribution >= 0.6 is 27.5 Å². The summed E-state index contributed by atoms with van der Waals surface area (Å²) in [4.78, 5) is 20.0. The molecule has 1 aromatic heterocycles. The lowest BCUT2D eigenvalue weighted by Crippen LogP contribution is -2.18. The van der Waals surface area contributed by atoms with Gasteiger partial charge in [0.05, 0.1) is 29.0 Å². The number of rotatable bonds is 8. The van der Waals surface area contributed by atoms with Crippen LogP contribution in [0, 0.1) is 0 Å². The number of nitrogens with zero attached hydrogens (tertiary/aromatic N) is 2. The second-order valence-corrected chi connectivity index (χ2v) is 8.66. The van der Waals surface area contributed by atoms with Crippen molar-refractivity contribution in [1.29, 1.82) is 0 Å². The third-order valence-corrected chi connectivity index (χ3v) is 6.18. The Morgan fingerprint density at radius 3 is 2.65 bits per heavy atom. The highest BCUT2D eigenvalue weighted by molar-refractivity contribution is 9.09. The van der Waals surface area contributed by atoms with Crippen molar-refractivity contribution in [2.75, 3.05) is 29.9 Å². The molecule has 2 aromatic carbocycles. The van der Waals surface area contributed by atoms with Crippen LogP contribution in [0.15, 0.2) is 48.7 Å². The monoisotopic (exact) mass is 502 g/mol. The molecule has 1 aliphatic rings. The Morgan fingerprint density at radius 1 is 1.10 bits per heavy atom. The van der Waals surface area contributed by atoms with E-state index in [0.29, 0.717) is 28.6 Å². The van der Waals surface area contributed by atoms with E-state index in [9.17, 15) is 4.79 Å². The molecular weight excluding hydrogens is 480 g/mol. The van der Waals surface area contributed by atoms with Gasteiger partial charge in [-0.1, -0.05) is 45.7 Å². The van der Waals surface area contributed by atoms with Gasteiger partial charge in [-0.25, -0.2) is 4.79 Å². The van der Waals surface area contributed by atoms with E-state index in [2.05, 4.69) is 31.9 Å². The minimum absolute atomic E-state index is 0.265. The molecule has 0 radical (unpaired) electrons. The first-order chi connectivity index (χ1) is 15.2. The molecule has 4 rings (SSSR count). The second kappa shape index (κ2) is 10.3. The van der Waals surface area contributed by atoms with Crippen LogP contribution in [0.3, 0.4) is 0 Å². The minimum atomic E-state index is -0.548. The van der Waals surface area contributed by atoms with Gasteiger partial charge in [0.1, 0.15) is 5.56 Å². The Balaban J connectivity index is 1.58. The maximum Gasteiger partial charge on any atom is 0.347 e. The third-order valence-electron chi connectivity index (χ3n) is 5.30. The van der Waals surface area contributed by atoms with Gasteiger partial charge in [-0.3, -0.25) is 4.98 Å². The third kappa shape index (κ3) is 5.13. The molecule has 1 saturated heterocycles. The first-order valence-electron chi connectivity index (χ1n) is 10.5. The number of esters is 1. The van der Waals surface area contributed by atoms with E-state index in [1.807, 2.05) is 18.3 Å². The van der Waals surface area contributed by atoms with Crippen LogP contribution < -0.4 is 14.4 Å². The Hall–Kier alpha value is -2.31. The van der Waals surface area contributed by atoms with E-state index < -0.39 is 5.97 Å². The fraction of sp³-hybridized carbons (Fsp3) is 0.333. The number of anilines is 1. The van der Waals surface area contributed by atoms with E-state index >= 15 is 0 Å². The zero-order valence-electron chi connectivity index (χ0n) is 17.2. The molecule has 7 heteroatoms. The lowest BCUT2D eigenvalue weighted by molar-refractivity contribution is 0.0730. The maximum absolute atomic E-state index is 13.1. The molecule has 0 amide bonds. The number of carbonyl (C=O) groups is 1. The van der Waals surface area contributed by atoms with Gasteiger partial charge in [0, 0.05) is 23.8 Å². The van der Waals surface area contributed by atoms with Crippen LogP contribution in [0.1, 0.15) is 36.0 Å². The Bertz CT molecular complexity index is 1070. The van der Waals surface area contributed by atoms with Gasteiger partial charge in [0.25, 0.3) is 0 Å². The summed E-state index contributed by atoms with van der Waals surface area (Å²) in [6, 6.07) is 12.8. The van der Waals surface area contributed by atoms with Gasteiger partial charge < -0.3 is 14.4 Å². The van der Waals surface area contributed by atoms with Gasteiger partial charge in [-0.2, -0.15) is 0 Å². The van der Waals surface area contributed by atoms with E-state index in [-0.39, 0.29) is 5.56 Å². The van der Waals surface area contributed by atoms with Crippen LogP contribution in [0.25, 0.3) is 10.9 Å². The fourth-order valence-corrected chi connectivity index (χ4v) is 4.32. The SMILES string of the molecule is O=C(Oc1ccccc1OCCCCBr)c1c(Cl)ccc2cc(N3CCCC3)cnc12. The quantitative estimate of drug-likeness (QED) is 0.157. The van der Waals surface area contributed by atoms with Gasteiger partial charge >= 0.3 is 5.97 Å². The maximum atomic E-state index is 13.1. The van der Waals surface area contributed by atoms with Crippen molar-refractivity contribution in [3.63, 3.8) is 0 Å². The molecule has 0 spiro atoms. The van der Waals surface area contributed by atoms with Crippen LogP contribution in [-0.2, 0) is 0 Å². The predicted octanol–water partition coefficient (Wildman–Crippen LogP) is 6.26. The number of carbonyl (C=O) groups excluding carboxylic acids is 1. The molecule has 0 unspecified atom stereocenters. The summed E-state index contributed by atoms with van der Waals surface area (Å²) in [6.45, 7) is 2.61. The number of fused-ring (bicyclic) bond motifs is 1. The number of halogens is 2. The van der Waals surface area contributed by atoms with Gasteiger partial charge in [-0.15, -0.1) is 0 Å². The fourth-order valence-electron chi connectivity index (χ4n) is 3.69. The first kappa shape index (κ1) is 21.9. The topological polar surface area (TPSA) is 51.7 Å². The summed E-state index contributed by atoms with van der Waals surface area (Å²) < 4.78 is 11.5. The number of hydrogen-bond donors (Lipinski definition) is 0. The average molecular weight is 504 g/mol. The van der Waals surface area contributed by atoms with Crippen molar-refractivity contribution >= 4 is 50.1 Å². The minimum Gasteiger partial charge on any atom is -0.490 e. The normalized spacial score (nSPS) is 13.5. The largest absolute Gasteiger partial charge is 0.490 e. The van der Waals surface area contributed by atoms with E-state index in [1.54, 1.807) is 24.3 Å². The predicted molar refractivity (Wildman–Crippen MR) is 128 cm³/mol. The highest BCUT2D eigenvalue weighted by Gasteiger charge is 2.21. The first-order valence-corrected chi connectivity index (χ1v) is 12.0. The summed E-state index contributed by atoms with van der Waals surface area (Å²) >= 11 is 9.82. The summed E-state index contributed by atoms with van der Waals surface area (Å²) in [5.74, 6) is 0.354. The molecular formula is C24H24BrClN2O3. The lowest BCUT2D eigenvalue weighted by atomic mass is 10.1. The summed E-state index contributed by atoms with van der Waals surface area (Å²) in [5.41, 5.74) is 1.87. The van der Waals surface area contributed by atoms with Crippen molar-refractivity contribution in [3.05, 3.63) is 59.2 Å².